The zero-order valence-electron chi connectivity index (χ0n) is 19.3. The lowest BCUT2D eigenvalue weighted by atomic mass is 9.79. The van der Waals surface area contributed by atoms with Gasteiger partial charge in [0.15, 0.2) is 0 Å². The summed E-state index contributed by atoms with van der Waals surface area (Å²) in [5.74, 6) is 1.15. The van der Waals surface area contributed by atoms with E-state index in [1.54, 1.807) is 37.5 Å². The van der Waals surface area contributed by atoms with Gasteiger partial charge in [0.2, 0.25) is 0 Å². The molecule has 0 radical (unpaired) electrons. The minimum Gasteiger partial charge on any atom is -0.497 e. The number of likely N-dealkylation sites (tertiary alicyclic amines) is 1. The molecule has 1 fully saturated rings. The van der Waals surface area contributed by atoms with Crippen molar-refractivity contribution in [3.63, 3.8) is 0 Å². The molecule has 0 saturated carbocycles. The third-order valence-corrected chi connectivity index (χ3v) is 7.44. The number of nitrogens with zero attached hydrogens (tertiary/aromatic N) is 3. The monoisotopic (exact) mass is 485 g/mol. The molecule has 3 aromatic rings. The van der Waals surface area contributed by atoms with Crippen molar-refractivity contribution < 1.29 is 24.2 Å². The number of carboxylic acids is 1. The number of aliphatic hydroxyl groups excluding tert-OH is 1. The number of oxazole rings is 1. The summed E-state index contributed by atoms with van der Waals surface area (Å²) >= 11 is 1.57. The van der Waals surface area contributed by atoms with Crippen LogP contribution in [0, 0.1) is 11.8 Å². The summed E-state index contributed by atoms with van der Waals surface area (Å²) in [7, 11) is 1.62. The molecule has 8 nitrogen and oxygen atoms in total. The zero-order chi connectivity index (χ0) is 23.9. The van der Waals surface area contributed by atoms with Crippen LogP contribution in [0.15, 0.2) is 52.6 Å². The van der Waals surface area contributed by atoms with Crippen LogP contribution in [-0.4, -0.2) is 63.5 Å². The van der Waals surface area contributed by atoms with E-state index < -0.39 is 12.1 Å². The highest BCUT2D eigenvalue weighted by molar-refractivity contribution is 7.99. The van der Waals surface area contributed by atoms with Crippen molar-refractivity contribution in [2.24, 2.45) is 11.8 Å². The highest BCUT2D eigenvalue weighted by atomic mass is 32.2. The van der Waals surface area contributed by atoms with Crippen molar-refractivity contribution >= 4 is 28.6 Å². The van der Waals surface area contributed by atoms with Gasteiger partial charge < -0.3 is 24.3 Å². The standard InChI is InChI=1S/C25H31N3O5S/c1-32-19-3-4-22-21(15-19)20(6-8-26-22)23(29)5-2-17-7-10-28(16-18(17)14-24(30)31)11-13-34-25-27-9-12-33-25/h3-4,6,8-9,12,15,17-18,23,29H,2,5,7,10-11,13-14,16H2,1H3,(H,30,31)/t17-,18+,23+/m1/s1. The maximum absolute atomic E-state index is 11.5. The van der Waals surface area contributed by atoms with Crippen molar-refractivity contribution in [2.75, 3.05) is 32.5 Å². The number of methoxy groups -OCH3 is 1. The zero-order valence-corrected chi connectivity index (χ0v) is 20.1. The van der Waals surface area contributed by atoms with Crippen molar-refractivity contribution in [1.29, 1.82) is 0 Å². The van der Waals surface area contributed by atoms with Crippen LogP contribution in [0.1, 0.15) is 37.4 Å². The average molecular weight is 486 g/mol. The first kappa shape index (κ1) is 24.5. The first-order valence-electron chi connectivity index (χ1n) is 11.6. The number of aliphatic hydroxyl groups is 1. The maximum atomic E-state index is 11.5. The van der Waals surface area contributed by atoms with Gasteiger partial charge in [-0.05, 0) is 67.5 Å². The molecule has 9 heteroatoms. The number of rotatable bonds is 11. The summed E-state index contributed by atoms with van der Waals surface area (Å²) in [4.78, 5) is 22.4. The van der Waals surface area contributed by atoms with Gasteiger partial charge in [-0.3, -0.25) is 9.78 Å². The molecule has 2 aromatic heterocycles. The maximum Gasteiger partial charge on any atom is 0.303 e. The molecule has 34 heavy (non-hydrogen) atoms. The predicted molar refractivity (Wildman–Crippen MR) is 130 cm³/mol. The summed E-state index contributed by atoms with van der Waals surface area (Å²) < 4.78 is 10.6. The summed E-state index contributed by atoms with van der Waals surface area (Å²) in [5, 5.41) is 22.1. The Morgan fingerprint density at radius 1 is 1.29 bits per heavy atom. The summed E-state index contributed by atoms with van der Waals surface area (Å²) in [6.45, 7) is 2.55. The summed E-state index contributed by atoms with van der Waals surface area (Å²) in [6, 6.07) is 7.51. The number of aliphatic carboxylic acids is 1. The van der Waals surface area contributed by atoms with Crippen molar-refractivity contribution in [3.05, 3.63) is 48.5 Å². The van der Waals surface area contributed by atoms with E-state index in [9.17, 15) is 15.0 Å². The van der Waals surface area contributed by atoms with Crippen LogP contribution in [0.4, 0.5) is 0 Å². The number of thioether (sulfide) groups is 1. The second kappa shape index (κ2) is 11.7. The number of hydrogen-bond donors (Lipinski definition) is 2. The number of aromatic nitrogens is 2. The molecule has 1 aliphatic heterocycles. The van der Waals surface area contributed by atoms with Gasteiger partial charge in [0, 0.05) is 36.8 Å². The third kappa shape index (κ3) is 6.28. The van der Waals surface area contributed by atoms with Crippen LogP contribution >= 0.6 is 11.8 Å². The van der Waals surface area contributed by atoms with Crippen molar-refractivity contribution in [2.45, 2.75) is 37.0 Å². The fraction of sp³-hybridized carbons (Fsp3) is 0.480. The van der Waals surface area contributed by atoms with Crippen LogP contribution in [0.25, 0.3) is 10.9 Å². The molecular weight excluding hydrogens is 454 g/mol. The molecule has 1 aliphatic rings. The third-order valence-electron chi connectivity index (χ3n) is 6.61. The topological polar surface area (TPSA) is 109 Å². The lowest BCUT2D eigenvalue weighted by molar-refractivity contribution is -0.139. The van der Waals surface area contributed by atoms with E-state index in [0.29, 0.717) is 11.6 Å². The summed E-state index contributed by atoms with van der Waals surface area (Å²) in [6.07, 6.45) is 6.72. The molecule has 0 aliphatic carbocycles. The highest BCUT2D eigenvalue weighted by Gasteiger charge is 2.31. The number of carbonyl (C=O) groups is 1. The Kier molecular flexibility index (Phi) is 8.42. The molecule has 0 unspecified atom stereocenters. The van der Waals surface area contributed by atoms with Gasteiger partial charge in [-0.15, -0.1) is 0 Å². The smallest absolute Gasteiger partial charge is 0.303 e. The molecule has 3 heterocycles. The first-order chi connectivity index (χ1) is 16.5. The highest BCUT2D eigenvalue weighted by Crippen LogP contribution is 2.35. The number of hydrogen-bond acceptors (Lipinski definition) is 8. The number of fused-ring (bicyclic) bond motifs is 1. The molecule has 0 bridgehead atoms. The van der Waals surface area contributed by atoms with E-state index in [0.717, 1.165) is 60.4 Å². The number of piperidine rings is 1. The van der Waals surface area contributed by atoms with Crippen LogP contribution in [0.5, 0.6) is 5.75 Å². The van der Waals surface area contributed by atoms with Crippen molar-refractivity contribution in [3.8, 4) is 5.75 Å². The van der Waals surface area contributed by atoms with Crippen LogP contribution in [0.2, 0.25) is 0 Å². The van der Waals surface area contributed by atoms with Gasteiger partial charge in [-0.1, -0.05) is 11.8 Å². The fourth-order valence-corrected chi connectivity index (χ4v) is 5.61. The first-order valence-corrected chi connectivity index (χ1v) is 12.6. The Morgan fingerprint density at radius 3 is 2.94 bits per heavy atom. The van der Waals surface area contributed by atoms with Crippen molar-refractivity contribution in [1.82, 2.24) is 14.9 Å². The normalized spacial score (nSPS) is 19.8. The van der Waals surface area contributed by atoms with Gasteiger partial charge in [-0.2, -0.15) is 0 Å². The Hall–Kier alpha value is -2.62. The van der Waals surface area contributed by atoms with Gasteiger partial charge in [-0.25, -0.2) is 4.98 Å². The number of benzene rings is 1. The van der Waals surface area contributed by atoms with Gasteiger partial charge in [0.1, 0.15) is 12.0 Å². The largest absolute Gasteiger partial charge is 0.497 e. The SMILES string of the molecule is COc1ccc2nccc([C@@H](O)CC[C@@H]3CCN(CCSc4ncco4)C[C@@H]3CC(=O)O)c2c1. The number of pyridine rings is 1. The number of ether oxygens (including phenoxy) is 1. The molecule has 182 valence electrons. The Balaban J connectivity index is 1.35. The van der Waals surface area contributed by atoms with Crippen LogP contribution in [-0.2, 0) is 4.79 Å². The molecule has 0 amide bonds. The minimum absolute atomic E-state index is 0.0689. The van der Waals surface area contributed by atoms with E-state index in [4.69, 9.17) is 9.15 Å². The number of carboxylic acid groups (broad SMARTS) is 1. The summed E-state index contributed by atoms with van der Waals surface area (Å²) in [5.41, 5.74) is 1.65. The van der Waals surface area contributed by atoms with Gasteiger partial charge in [0.05, 0.1) is 24.9 Å². The van der Waals surface area contributed by atoms with Crippen LogP contribution < -0.4 is 4.74 Å². The van der Waals surface area contributed by atoms with Gasteiger partial charge >= 0.3 is 5.97 Å². The van der Waals surface area contributed by atoms with Crippen LogP contribution in [0.3, 0.4) is 0 Å². The molecule has 3 atom stereocenters. The lowest BCUT2D eigenvalue weighted by Crippen LogP contribution is -2.42. The molecule has 2 N–H and O–H groups in total. The van der Waals surface area contributed by atoms with E-state index >= 15 is 0 Å². The van der Waals surface area contributed by atoms with E-state index in [2.05, 4.69) is 14.9 Å². The molecule has 0 spiro atoms. The Labute approximate surface area is 203 Å². The molecule has 1 aromatic carbocycles. The van der Waals surface area contributed by atoms with Gasteiger partial charge in [0.25, 0.3) is 5.22 Å². The fourth-order valence-electron chi connectivity index (χ4n) is 4.83. The quantitative estimate of drug-likeness (QED) is 0.385. The molecular formula is C25H31N3O5S. The molecule has 4 rings (SSSR count). The minimum atomic E-state index is -0.765. The average Bonchev–Trinajstić information content (AvgIpc) is 3.36. The molecule has 1 saturated heterocycles. The Morgan fingerprint density at radius 2 is 2.18 bits per heavy atom. The van der Waals surface area contributed by atoms with E-state index in [1.165, 1.54) is 0 Å². The van der Waals surface area contributed by atoms with E-state index in [-0.39, 0.29) is 18.3 Å². The second-order valence-electron chi connectivity index (χ2n) is 8.73. The van der Waals surface area contributed by atoms with E-state index in [1.807, 2.05) is 24.3 Å². The Bertz CT molecular complexity index is 1080. The predicted octanol–water partition coefficient (Wildman–Crippen LogP) is 4.25. The lowest BCUT2D eigenvalue weighted by Gasteiger charge is -2.38. The second-order valence-corrected chi connectivity index (χ2v) is 9.78.